The standard InChI is InChI=1S/C17H13N3/c18-12-17(20-15-6-2-1-3-7-15)14-8-9-16-13(11-14)5-4-10-19-16/h1-11,17,20H. The molecular weight excluding hydrogens is 246 g/mol. The summed E-state index contributed by atoms with van der Waals surface area (Å²) in [5, 5.41) is 13.7. The highest BCUT2D eigenvalue weighted by Gasteiger charge is 2.10. The summed E-state index contributed by atoms with van der Waals surface area (Å²) in [5.41, 5.74) is 2.81. The average molecular weight is 259 g/mol. The van der Waals surface area contributed by atoms with Gasteiger partial charge in [0, 0.05) is 17.3 Å². The van der Waals surface area contributed by atoms with Gasteiger partial charge < -0.3 is 5.32 Å². The molecule has 0 bridgehead atoms. The van der Waals surface area contributed by atoms with Gasteiger partial charge in [-0.2, -0.15) is 5.26 Å². The Labute approximate surface area is 117 Å². The molecule has 0 radical (unpaired) electrons. The number of nitriles is 1. The van der Waals surface area contributed by atoms with E-state index in [4.69, 9.17) is 0 Å². The van der Waals surface area contributed by atoms with E-state index >= 15 is 0 Å². The van der Waals surface area contributed by atoms with Crippen LogP contribution in [0.1, 0.15) is 11.6 Å². The second kappa shape index (κ2) is 5.41. The first-order chi connectivity index (χ1) is 9.86. The Kier molecular flexibility index (Phi) is 3.30. The molecule has 0 saturated heterocycles. The van der Waals surface area contributed by atoms with Gasteiger partial charge in [-0.3, -0.25) is 4.98 Å². The third-order valence-electron chi connectivity index (χ3n) is 3.17. The summed E-state index contributed by atoms with van der Waals surface area (Å²) in [7, 11) is 0. The highest BCUT2D eigenvalue weighted by atomic mass is 14.9. The van der Waals surface area contributed by atoms with Crippen LogP contribution in [-0.4, -0.2) is 4.98 Å². The molecule has 0 spiro atoms. The van der Waals surface area contributed by atoms with Gasteiger partial charge in [-0.25, -0.2) is 0 Å². The summed E-state index contributed by atoms with van der Waals surface area (Å²) in [6, 6.07) is 21.5. The van der Waals surface area contributed by atoms with Gasteiger partial charge >= 0.3 is 0 Å². The fraction of sp³-hybridized carbons (Fsp3) is 0.0588. The van der Waals surface area contributed by atoms with Gasteiger partial charge in [0.2, 0.25) is 0 Å². The van der Waals surface area contributed by atoms with Crippen molar-refractivity contribution in [2.24, 2.45) is 0 Å². The summed E-state index contributed by atoms with van der Waals surface area (Å²) in [5.74, 6) is 0. The van der Waals surface area contributed by atoms with Gasteiger partial charge in [-0.1, -0.05) is 30.3 Å². The van der Waals surface area contributed by atoms with E-state index in [-0.39, 0.29) is 6.04 Å². The molecule has 1 unspecified atom stereocenters. The lowest BCUT2D eigenvalue weighted by Crippen LogP contribution is -2.08. The zero-order chi connectivity index (χ0) is 13.8. The molecule has 3 rings (SSSR count). The van der Waals surface area contributed by atoms with Crippen LogP contribution < -0.4 is 5.32 Å². The zero-order valence-corrected chi connectivity index (χ0v) is 10.8. The van der Waals surface area contributed by atoms with Crippen LogP contribution in [0.3, 0.4) is 0 Å². The molecule has 0 aliphatic rings. The van der Waals surface area contributed by atoms with Crippen molar-refractivity contribution in [2.75, 3.05) is 5.32 Å². The van der Waals surface area contributed by atoms with Crippen LogP contribution >= 0.6 is 0 Å². The van der Waals surface area contributed by atoms with Gasteiger partial charge in [0.25, 0.3) is 0 Å². The number of benzene rings is 2. The normalized spacial score (nSPS) is 11.8. The van der Waals surface area contributed by atoms with Crippen LogP contribution in [-0.2, 0) is 0 Å². The molecule has 3 aromatic rings. The van der Waals surface area contributed by atoms with Gasteiger partial charge in [0.05, 0.1) is 11.6 Å². The van der Waals surface area contributed by atoms with Crippen molar-refractivity contribution >= 4 is 16.6 Å². The Morgan fingerprint density at radius 1 is 1.00 bits per heavy atom. The van der Waals surface area contributed by atoms with Crippen LogP contribution in [0.15, 0.2) is 66.9 Å². The van der Waals surface area contributed by atoms with E-state index in [1.807, 2.05) is 60.7 Å². The molecule has 0 amide bonds. The molecule has 1 N–H and O–H groups in total. The quantitative estimate of drug-likeness (QED) is 0.775. The summed E-state index contributed by atoms with van der Waals surface area (Å²) in [6.07, 6.45) is 1.77. The molecule has 96 valence electrons. The van der Waals surface area contributed by atoms with Crippen molar-refractivity contribution in [3.8, 4) is 6.07 Å². The first-order valence-corrected chi connectivity index (χ1v) is 6.43. The fourth-order valence-electron chi connectivity index (χ4n) is 2.16. The Morgan fingerprint density at radius 3 is 2.65 bits per heavy atom. The average Bonchev–Trinajstić information content (AvgIpc) is 2.53. The maximum atomic E-state index is 9.38. The zero-order valence-electron chi connectivity index (χ0n) is 10.8. The Bertz CT molecular complexity index is 760. The van der Waals surface area contributed by atoms with Gasteiger partial charge in [-0.15, -0.1) is 0 Å². The van der Waals surface area contributed by atoms with E-state index in [2.05, 4.69) is 16.4 Å². The van der Waals surface area contributed by atoms with Crippen LogP contribution in [0.5, 0.6) is 0 Å². The first kappa shape index (κ1) is 12.2. The van der Waals surface area contributed by atoms with Crippen LogP contribution in [0.4, 0.5) is 5.69 Å². The number of hydrogen-bond donors (Lipinski definition) is 1. The van der Waals surface area contributed by atoms with Crippen molar-refractivity contribution in [1.82, 2.24) is 4.98 Å². The molecule has 0 aliphatic heterocycles. The number of rotatable bonds is 3. The number of aromatic nitrogens is 1. The van der Waals surface area contributed by atoms with E-state index in [0.717, 1.165) is 22.2 Å². The number of hydrogen-bond acceptors (Lipinski definition) is 3. The molecule has 3 nitrogen and oxygen atoms in total. The van der Waals surface area contributed by atoms with Crippen molar-refractivity contribution in [3.63, 3.8) is 0 Å². The second-order valence-electron chi connectivity index (χ2n) is 4.53. The maximum absolute atomic E-state index is 9.38. The van der Waals surface area contributed by atoms with Crippen LogP contribution in [0.2, 0.25) is 0 Å². The Balaban J connectivity index is 1.93. The molecule has 1 aromatic heterocycles. The molecule has 20 heavy (non-hydrogen) atoms. The molecule has 2 aromatic carbocycles. The predicted octanol–water partition coefficient (Wildman–Crippen LogP) is 3.91. The van der Waals surface area contributed by atoms with E-state index in [9.17, 15) is 5.26 Å². The molecular formula is C17H13N3. The molecule has 1 atom stereocenters. The van der Waals surface area contributed by atoms with Crippen LogP contribution in [0, 0.1) is 11.3 Å². The first-order valence-electron chi connectivity index (χ1n) is 6.43. The lowest BCUT2D eigenvalue weighted by molar-refractivity contribution is 1.00. The SMILES string of the molecule is N#CC(Nc1ccccc1)c1ccc2ncccc2c1. The topological polar surface area (TPSA) is 48.7 Å². The molecule has 1 heterocycles. The van der Waals surface area contributed by atoms with Crippen molar-refractivity contribution < 1.29 is 0 Å². The highest BCUT2D eigenvalue weighted by Crippen LogP contribution is 2.22. The molecule has 3 heteroatoms. The second-order valence-corrected chi connectivity index (χ2v) is 4.53. The predicted molar refractivity (Wildman–Crippen MR) is 80.2 cm³/mol. The lowest BCUT2D eigenvalue weighted by Gasteiger charge is -2.13. The lowest BCUT2D eigenvalue weighted by atomic mass is 10.0. The van der Waals surface area contributed by atoms with E-state index in [1.54, 1.807) is 6.20 Å². The summed E-state index contributed by atoms with van der Waals surface area (Å²) in [6.45, 7) is 0. The van der Waals surface area contributed by atoms with Crippen molar-refractivity contribution in [3.05, 3.63) is 72.4 Å². The summed E-state index contributed by atoms with van der Waals surface area (Å²) < 4.78 is 0. The minimum Gasteiger partial charge on any atom is -0.366 e. The van der Waals surface area contributed by atoms with Gasteiger partial charge in [-0.05, 0) is 35.9 Å². The third-order valence-corrected chi connectivity index (χ3v) is 3.17. The highest BCUT2D eigenvalue weighted by molar-refractivity contribution is 5.79. The summed E-state index contributed by atoms with van der Waals surface area (Å²) in [4.78, 5) is 4.29. The number of anilines is 1. The van der Waals surface area contributed by atoms with E-state index in [0.29, 0.717) is 0 Å². The van der Waals surface area contributed by atoms with Gasteiger partial charge in [0.15, 0.2) is 0 Å². The van der Waals surface area contributed by atoms with E-state index in [1.165, 1.54) is 0 Å². The fourth-order valence-corrected chi connectivity index (χ4v) is 2.16. The Morgan fingerprint density at radius 2 is 1.85 bits per heavy atom. The van der Waals surface area contributed by atoms with E-state index < -0.39 is 0 Å². The number of para-hydroxylation sites is 1. The minimum atomic E-state index is -0.373. The van der Waals surface area contributed by atoms with Crippen molar-refractivity contribution in [2.45, 2.75) is 6.04 Å². The number of nitrogens with one attached hydrogen (secondary N) is 1. The van der Waals surface area contributed by atoms with Crippen molar-refractivity contribution in [1.29, 1.82) is 5.26 Å². The smallest absolute Gasteiger partial charge is 0.140 e. The molecule has 0 fully saturated rings. The molecule has 0 aliphatic carbocycles. The monoisotopic (exact) mass is 259 g/mol. The van der Waals surface area contributed by atoms with Crippen LogP contribution in [0.25, 0.3) is 10.9 Å². The van der Waals surface area contributed by atoms with Gasteiger partial charge in [0.1, 0.15) is 6.04 Å². The third kappa shape index (κ3) is 2.45. The Hall–Kier alpha value is -2.86. The number of pyridine rings is 1. The maximum Gasteiger partial charge on any atom is 0.140 e. The largest absolute Gasteiger partial charge is 0.366 e. The minimum absolute atomic E-state index is 0.373. The number of nitrogens with zero attached hydrogens (tertiary/aromatic N) is 2. The summed E-state index contributed by atoms with van der Waals surface area (Å²) >= 11 is 0. The number of fused-ring (bicyclic) bond motifs is 1. The molecule has 0 saturated carbocycles.